The van der Waals surface area contributed by atoms with Crippen LogP contribution in [-0.4, -0.2) is 15.7 Å². The third-order valence-corrected chi connectivity index (χ3v) is 3.59. The van der Waals surface area contributed by atoms with Crippen molar-refractivity contribution in [3.05, 3.63) is 77.6 Å². The number of nitrogens with one attached hydrogen (secondary N) is 1. The molecule has 3 aromatic rings. The third-order valence-electron chi connectivity index (χ3n) is 3.59. The van der Waals surface area contributed by atoms with Crippen LogP contribution in [0.5, 0.6) is 0 Å². The van der Waals surface area contributed by atoms with Crippen LogP contribution < -0.4 is 5.32 Å². The fourth-order valence-electron chi connectivity index (χ4n) is 2.36. The SMILES string of the molecule is Cc1cccc(C)c1NC(=O)c1cnn(-c2ccccc2)c1. The smallest absolute Gasteiger partial charge is 0.258 e. The van der Waals surface area contributed by atoms with Crippen LogP contribution in [0.15, 0.2) is 60.9 Å². The monoisotopic (exact) mass is 291 g/mol. The predicted molar refractivity (Wildman–Crippen MR) is 87.4 cm³/mol. The number of para-hydroxylation sites is 2. The summed E-state index contributed by atoms with van der Waals surface area (Å²) >= 11 is 0. The zero-order chi connectivity index (χ0) is 15.5. The van der Waals surface area contributed by atoms with Crippen LogP contribution in [0.3, 0.4) is 0 Å². The van der Waals surface area contributed by atoms with Crippen LogP contribution in [0.4, 0.5) is 5.69 Å². The van der Waals surface area contributed by atoms with E-state index in [0.29, 0.717) is 5.56 Å². The first-order valence-corrected chi connectivity index (χ1v) is 7.13. The van der Waals surface area contributed by atoms with E-state index >= 15 is 0 Å². The Hall–Kier alpha value is -2.88. The molecule has 0 saturated heterocycles. The summed E-state index contributed by atoms with van der Waals surface area (Å²) in [6.07, 6.45) is 3.31. The maximum Gasteiger partial charge on any atom is 0.258 e. The number of anilines is 1. The van der Waals surface area contributed by atoms with E-state index in [1.54, 1.807) is 17.1 Å². The molecular weight excluding hydrogens is 274 g/mol. The van der Waals surface area contributed by atoms with E-state index < -0.39 is 0 Å². The number of hydrogen-bond donors (Lipinski definition) is 1. The van der Waals surface area contributed by atoms with Gasteiger partial charge in [0, 0.05) is 11.9 Å². The molecule has 1 aromatic heterocycles. The Balaban J connectivity index is 1.83. The number of aromatic nitrogens is 2. The largest absolute Gasteiger partial charge is 0.321 e. The van der Waals surface area contributed by atoms with Crippen LogP contribution in [0.2, 0.25) is 0 Å². The molecule has 3 rings (SSSR count). The lowest BCUT2D eigenvalue weighted by Crippen LogP contribution is -2.13. The molecule has 0 bridgehead atoms. The second kappa shape index (κ2) is 5.85. The number of aryl methyl sites for hydroxylation is 2. The van der Waals surface area contributed by atoms with Crippen molar-refractivity contribution >= 4 is 11.6 Å². The first-order valence-electron chi connectivity index (χ1n) is 7.13. The quantitative estimate of drug-likeness (QED) is 0.799. The third kappa shape index (κ3) is 2.76. The predicted octanol–water partition coefficient (Wildman–Crippen LogP) is 3.74. The maximum atomic E-state index is 12.4. The number of carbonyl (C=O) groups excluding carboxylic acids is 1. The molecule has 0 radical (unpaired) electrons. The van der Waals surface area contributed by atoms with Gasteiger partial charge in [0.2, 0.25) is 0 Å². The fourth-order valence-corrected chi connectivity index (χ4v) is 2.36. The highest BCUT2D eigenvalue weighted by Crippen LogP contribution is 2.20. The fraction of sp³-hybridized carbons (Fsp3) is 0.111. The van der Waals surface area contributed by atoms with Crippen LogP contribution in [0, 0.1) is 13.8 Å². The Kier molecular flexibility index (Phi) is 3.74. The molecule has 110 valence electrons. The van der Waals surface area contributed by atoms with Crippen LogP contribution in [0.25, 0.3) is 5.69 Å². The van der Waals surface area contributed by atoms with E-state index in [9.17, 15) is 4.79 Å². The van der Waals surface area contributed by atoms with Gasteiger partial charge in [-0.05, 0) is 37.1 Å². The highest BCUT2D eigenvalue weighted by Gasteiger charge is 2.12. The maximum absolute atomic E-state index is 12.4. The second-order valence-corrected chi connectivity index (χ2v) is 5.23. The van der Waals surface area contributed by atoms with Crippen molar-refractivity contribution in [3.8, 4) is 5.69 Å². The first-order chi connectivity index (χ1) is 10.6. The molecule has 2 aromatic carbocycles. The van der Waals surface area contributed by atoms with Crippen molar-refractivity contribution in [3.63, 3.8) is 0 Å². The standard InChI is InChI=1S/C18H17N3O/c1-13-7-6-8-14(2)17(13)20-18(22)15-11-19-21(12-15)16-9-4-3-5-10-16/h3-12H,1-2H3,(H,20,22). The van der Waals surface area contributed by atoms with Crippen molar-refractivity contribution in [1.82, 2.24) is 9.78 Å². The summed E-state index contributed by atoms with van der Waals surface area (Å²) in [5, 5.41) is 7.22. The Labute approximate surface area is 129 Å². The number of carbonyl (C=O) groups is 1. The molecular formula is C18H17N3O. The van der Waals surface area contributed by atoms with Crippen LogP contribution in [-0.2, 0) is 0 Å². The zero-order valence-electron chi connectivity index (χ0n) is 12.6. The van der Waals surface area contributed by atoms with Gasteiger partial charge in [0.1, 0.15) is 0 Å². The molecule has 1 heterocycles. The summed E-state index contributed by atoms with van der Waals surface area (Å²) in [4.78, 5) is 12.4. The molecule has 0 spiro atoms. The minimum atomic E-state index is -0.153. The molecule has 22 heavy (non-hydrogen) atoms. The molecule has 0 fully saturated rings. The summed E-state index contributed by atoms with van der Waals surface area (Å²) in [5.74, 6) is -0.153. The molecule has 0 aliphatic rings. The lowest BCUT2D eigenvalue weighted by atomic mass is 10.1. The normalized spacial score (nSPS) is 10.5. The van der Waals surface area contributed by atoms with Gasteiger partial charge in [0.15, 0.2) is 0 Å². The molecule has 4 nitrogen and oxygen atoms in total. The van der Waals surface area contributed by atoms with Gasteiger partial charge in [-0.25, -0.2) is 4.68 Å². The van der Waals surface area contributed by atoms with Gasteiger partial charge in [-0.1, -0.05) is 36.4 Å². The van der Waals surface area contributed by atoms with Crippen molar-refractivity contribution in [1.29, 1.82) is 0 Å². The van der Waals surface area contributed by atoms with Crippen LogP contribution >= 0.6 is 0 Å². The Morgan fingerprint density at radius 1 is 1.00 bits per heavy atom. The van der Waals surface area contributed by atoms with Gasteiger partial charge >= 0.3 is 0 Å². The average molecular weight is 291 g/mol. The highest BCUT2D eigenvalue weighted by atomic mass is 16.1. The Morgan fingerprint density at radius 3 is 2.36 bits per heavy atom. The molecule has 0 unspecified atom stereocenters. The second-order valence-electron chi connectivity index (χ2n) is 5.23. The lowest BCUT2D eigenvalue weighted by Gasteiger charge is -2.10. The molecule has 0 aliphatic heterocycles. The summed E-state index contributed by atoms with van der Waals surface area (Å²) in [5.41, 5.74) is 4.41. The Morgan fingerprint density at radius 2 is 1.68 bits per heavy atom. The van der Waals surface area contributed by atoms with E-state index in [4.69, 9.17) is 0 Å². The molecule has 4 heteroatoms. The average Bonchev–Trinajstić information content (AvgIpc) is 3.02. The van der Waals surface area contributed by atoms with Crippen LogP contribution in [0.1, 0.15) is 21.5 Å². The van der Waals surface area contributed by atoms with E-state index in [2.05, 4.69) is 10.4 Å². The summed E-state index contributed by atoms with van der Waals surface area (Å²) in [7, 11) is 0. The van der Waals surface area contributed by atoms with Crippen molar-refractivity contribution in [2.75, 3.05) is 5.32 Å². The van der Waals surface area contributed by atoms with Gasteiger partial charge in [0.05, 0.1) is 17.4 Å². The van der Waals surface area contributed by atoms with Gasteiger partial charge in [-0.2, -0.15) is 5.10 Å². The molecule has 0 aliphatic carbocycles. The molecule has 1 N–H and O–H groups in total. The number of hydrogen-bond acceptors (Lipinski definition) is 2. The van der Waals surface area contributed by atoms with E-state index in [1.165, 1.54) is 0 Å². The minimum absolute atomic E-state index is 0.153. The van der Waals surface area contributed by atoms with Crippen molar-refractivity contribution < 1.29 is 4.79 Å². The Bertz CT molecular complexity index is 786. The topological polar surface area (TPSA) is 46.9 Å². The van der Waals surface area contributed by atoms with E-state index in [1.807, 2.05) is 62.4 Å². The molecule has 0 saturated carbocycles. The van der Waals surface area contributed by atoms with E-state index in [-0.39, 0.29) is 5.91 Å². The lowest BCUT2D eigenvalue weighted by molar-refractivity contribution is 0.102. The van der Waals surface area contributed by atoms with Gasteiger partial charge in [-0.3, -0.25) is 4.79 Å². The van der Waals surface area contributed by atoms with Gasteiger partial charge in [0.25, 0.3) is 5.91 Å². The summed E-state index contributed by atoms with van der Waals surface area (Å²) in [6, 6.07) is 15.7. The highest BCUT2D eigenvalue weighted by molar-refractivity contribution is 6.04. The first kappa shape index (κ1) is 14.1. The summed E-state index contributed by atoms with van der Waals surface area (Å²) < 4.78 is 1.69. The van der Waals surface area contributed by atoms with Crippen molar-refractivity contribution in [2.45, 2.75) is 13.8 Å². The number of amides is 1. The number of rotatable bonds is 3. The molecule has 0 atom stereocenters. The number of benzene rings is 2. The zero-order valence-corrected chi connectivity index (χ0v) is 12.6. The number of nitrogens with zero attached hydrogens (tertiary/aromatic N) is 2. The van der Waals surface area contributed by atoms with Gasteiger partial charge in [-0.15, -0.1) is 0 Å². The van der Waals surface area contributed by atoms with Gasteiger partial charge < -0.3 is 5.32 Å². The summed E-state index contributed by atoms with van der Waals surface area (Å²) in [6.45, 7) is 3.96. The van der Waals surface area contributed by atoms with E-state index in [0.717, 1.165) is 22.5 Å². The minimum Gasteiger partial charge on any atom is -0.321 e. The van der Waals surface area contributed by atoms with Crippen molar-refractivity contribution in [2.24, 2.45) is 0 Å². The molecule has 1 amide bonds.